The summed E-state index contributed by atoms with van der Waals surface area (Å²) in [7, 11) is 1.76. The topological polar surface area (TPSA) is 21.3 Å². The van der Waals surface area contributed by atoms with Crippen LogP contribution in [0.5, 0.6) is 0 Å². The largest absolute Gasteiger partial charge is 0.384 e. The van der Waals surface area contributed by atoms with E-state index in [-0.39, 0.29) is 0 Å². The lowest BCUT2D eigenvalue weighted by Crippen LogP contribution is -2.28. The highest BCUT2D eigenvalue weighted by Gasteiger charge is 2.18. The molecule has 19 heavy (non-hydrogen) atoms. The van der Waals surface area contributed by atoms with Gasteiger partial charge < -0.3 is 10.1 Å². The minimum Gasteiger partial charge on any atom is -0.384 e. The van der Waals surface area contributed by atoms with Crippen molar-refractivity contribution in [3.8, 4) is 0 Å². The molecule has 2 atom stereocenters. The molecule has 108 valence electrons. The molecule has 0 bridgehead atoms. The van der Waals surface area contributed by atoms with Crippen molar-refractivity contribution in [1.29, 1.82) is 0 Å². The highest BCUT2D eigenvalue weighted by Crippen LogP contribution is 2.26. The summed E-state index contributed by atoms with van der Waals surface area (Å²) in [5.74, 6) is 1.05. The normalized spacial score (nSPS) is 14.3. The third-order valence-corrected chi connectivity index (χ3v) is 4.51. The Balaban J connectivity index is 2.68. The number of benzene rings is 1. The summed E-state index contributed by atoms with van der Waals surface area (Å²) < 4.78 is 5.13. The first-order valence-corrected chi connectivity index (χ1v) is 8.20. The maximum atomic E-state index is 5.13. The minimum atomic E-state index is 0.415. The van der Waals surface area contributed by atoms with Crippen LogP contribution in [-0.4, -0.2) is 31.3 Å². The van der Waals surface area contributed by atoms with E-state index >= 15 is 0 Å². The molecule has 0 aliphatic rings. The van der Waals surface area contributed by atoms with Crippen molar-refractivity contribution >= 4 is 11.8 Å². The number of methoxy groups -OCH3 is 1. The fourth-order valence-corrected chi connectivity index (χ4v) is 3.23. The highest BCUT2D eigenvalue weighted by molar-refractivity contribution is 7.99. The van der Waals surface area contributed by atoms with Gasteiger partial charge in [-0.25, -0.2) is 0 Å². The molecule has 0 saturated carbocycles. The van der Waals surface area contributed by atoms with Crippen LogP contribution in [0.4, 0.5) is 0 Å². The average Bonchev–Trinajstić information content (AvgIpc) is 2.45. The van der Waals surface area contributed by atoms with Gasteiger partial charge in [-0.05, 0) is 24.1 Å². The van der Waals surface area contributed by atoms with Crippen LogP contribution in [0, 0.1) is 0 Å². The van der Waals surface area contributed by atoms with E-state index in [0.717, 1.165) is 25.3 Å². The maximum Gasteiger partial charge on any atom is 0.0553 e. The van der Waals surface area contributed by atoms with Crippen molar-refractivity contribution in [2.24, 2.45) is 0 Å². The number of hydrogen-bond donors (Lipinski definition) is 1. The quantitative estimate of drug-likeness (QED) is 0.698. The number of ether oxygens (including phenoxy) is 1. The molecule has 1 aromatic carbocycles. The fourth-order valence-electron chi connectivity index (χ4n) is 2.15. The summed E-state index contributed by atoms with van der Waals surface area (Å²) in [5.41, 5.74) is 2.79. The third-order valence-electron chi connectivity index (χ3n) is 3.31. The molecule has 0 aliphatic heterocycles. The molecule has 1 rings (SSSR count). The van der Waals surface area contributed by atoms with E-state index in [0.29, 0.717) is 11.3 Å². The molecule has 0 spiro atoms. The average molecular weight is 281 g/mol. The lowest BCUT2D eigenvalue weighted by Gasteiger charge is -2.25. The Morgan fingerprint density at radius 2 is 1.89 bits per heavy atom. The summed E-state index contributed by atoms with van der Waals surface area (Å²) in [5, 5.41) is 4.15. The van der Waals surface area contributed by atoms with Crippen LogP contribution in [0.3, 0.4) is 0 Å². The first-order chi connectivity index (χ1) is 9.22. The van der Waals surface area contributed by atoms with E-state index in [4.69, 9.17) is 4.74 Å². The molecule has 0 fully saturated rings. The van der Waals surface area contributed by atoms with Gasteiger partial charge in [-0.2, -0.15) is 11.8 Å². The summed E-state index contributed by atoms with van der Waals surface area (Å²) in [6.45, 7) is 8.47. The van der Waals surface area contributed by atoms with Gasteiger partial charge in [0.15, 0.2) is 0 Å². The van der Waals surface area contributed by atoms with E-state index in [1.54, 1.807) is 7.11 Å². The van der Waals surface area contributed by atoms with Gasteiger partial charge in [0.25, 0.3) is 0 Å². The van der Waals surface area contributed by atoms with Crippen LogP contribution in [0.1, 0.15) is 37.9 Å². The zero-order valence-corrected chi connectivity index (χ0v) is 13.4. The number of aryl methyl sites for hydroxylation is 1. The van der Waals surface area contributed by atoms with Gasteiger partial charge in [-0.15, -0.1) is 0 Å². The fraction of sp³-hybridized carbons (Fsp3) is 0.625. The van der Waals surface area contributed by atoms with Gasteiger partial charge in [0, 0.05) is 24.2 Å². The molecular weight excluding hydrogens is 254 g/mol. The summed E-state index contributed by atoms with van der Waals surface area (Å²) in [6.07, 6.45) is 1.10. The molecule has 1 aromatic rings. The Bertz CT molecular complexity index is 339. The second-order valence-electron chi connectivity index (χ2n) is 4.70. The molecule has 0 aliphatic carbocycles. The van der Waals surface area contributed by atoms with Gasteiger partial charge in [0.1, 0.15) is 0 Å². The van der Waals surface area contributed by atoms with E-state index in [1.807, 2.05) is 11.8 Å². The van der Waals surface area contributed by atoms with Crippen molar-refractivity contribution in [3.63, 3.8) is 0 Å². The predicted octanol–water partition coefficient (Wildman–Crippen LogP) is 3.67. The van der Waals surface area contributed by atoms with E-state index in [1.165, 1.54) is 11.1 Å². The van der Waals surface area contributed by atoms with Crippen LogP contribution in [0.2, 0.25) is 0 Å². The van der Waals surface area contributed by atoms with Gasteiger partial charge in [-0.3, -0.25) is 0 Å². The smallest absolute Gasteiger partial charge is 0.0553 e. The molecular formula is C16H27NOS. The first-order valence-electron chi connectivity index (χ1n) is 7.15. The zero-order chi connectivity index (χ0) is 14.1. The summed E-state index contributed by atoms with van der Waals surface area (Å²) >= 11 is 1.97. The first kappa shape index (κ1) is 16.5. The van der Waals surface area contributed by atoms with E-state index < -0.39 is 0 Å². The Labute approximate surface area is 122 Å². The van der Waals surface area contributed by atoms with Crippen LogP contribution >= 0.6 is 11.8 Å². The van der Waals surface area contributed by atoms with Crippen molar-refractivity contribution < 1.29 is 4.74 Å². The predicted molar refractivity (Wildman–Crippen MR) is 86.0 cm³/mol. The van der Waals surface area contributed by atoms with E-state index in [2.05, 4.69) is 50.4 Å². The third kappa shape index (κ3) is 5.55. The lowest BCUT2D eigenvalue weighted by atomic mass is 10.0. The van der Waals surface area contributed by atoms with Gasteiger partial charge in [-0.1, -0.05) is 45.0 Å². The number of hydrogen-bond acceptors (Lipinski definition) is 3. The van der Waals surface area contributed by atoms with Crippen molar-refractivity contribution in [1.82, 2.24) is 5.32 Å². The molecule has 2 nitrogen and oxygen atoms in total. The Hall–Kier alpha value is -0.510. The summed E-state index contributed by atoms with van der Waals surface area (Å²) in [6, 6.07) is 9.43. The second kappa shape index (κ2) is 9.40. The number of rotatable bonds is 9. The van der Waals surface area contributed by atoms with E-state index in [9.17, 15) is 0 Å². The Morgan fingerprint density at radius 3 is 2.42 bits per heavy atom. The minimum absolute atomic E-state index is 0.415. The van der Waals surface area contributed by atoms with Gasteiger partial charge in [0.2, 0.25) is 0 Å². The Morgan fingerprint density at radius 1 is 1.21 bits per heavy atom. The molecule has 1 N–H and O–H groups in total. The monoisotopic (exact) mass is 281 g/mol. The molecule has 0 saturated heterocycles. The van der Waals surface area contributed by atoms with Gasteiger partial charge in [0.05, 0.1) is 6.61 Å². The van der Waals surface area contributed by atoms with Crippen LogP contribution in [0.15, 0.2) is 24.3 Å². The molecule has 0 heterocycles. The van der Waals surface area contributed by atoms with Crippen LogP contribution < -0.4 is 5.32 Å². The highest BCUT2D eigenvalue weighted by atomic mass is 32.2. The summed E-state index contributed by atoms with van der Waals surface area (Å²) in [4.78, 5) is 0. The zero-order valence-electron chi connectivity index (χ0n) is 12.6. The maximum absolute atomic E-state index is 5.13. The van der Waals surface area contributed by atoms with Gasteiger partial charge >= 0.3 is 0 Å². The van der Waals surface area contributed by atoms with Crippen molar-refractivity contribution in [2.75, 3.05) is 26.0 Å². The molecule has 0 aromatic heterocycles. The SMILES string of the molecule is CCNC(c1ccc(CC)cc1)C(C)SCCOC. The number of thioether (sulfide) groups is 1. The Kier molecular flexibility index (Phi) is 8.19. The molecule has 3 heteroatoms. The van der Waals surface area contributed by atoms with Crippen molar-refractivity contribution in [2.45, 2.75) is 38.5 Å². The van der Waals surface area contributed by atoms with Crippen LogP contribution in [-0.2, 0) is 11.2 Å². The second-order valence-corrected chi connectivity index (χ2v) is 6.18. The molecule has 2 unspecified atom stereocenters. The van der Waals surface area contributed by atoms with Crippen molar-refractivity contribution in [3.05, 3.63) is 35.4 Å². The molecule has 0 amide bonds. The number of nitrogens with one attached hydrogen (secondary N) is 1. The van der Waals surface area contributed by atoms with Crippen LogP contribution in [0.25, 0.3) is 0 Å². The lowest BCUT2D eigenvalue weighted by molar-refractivity contribution is 0.218. The molecule has 0 radical (unpaired) electrons. The standard InChI is InChI=1S/C16H27NOS/c1-5-14-7-9-15(10-8-14)16(17-6-2)13(3)19-12-11-18-4/h7-10,13,16-17H,5-6,11-12H2,1-4H3.